The minimum Gasteiger partial charge on any atom is -0.508 e. The summed E-state index contributed by atoms with van der Waals surface area (Å²) in [7, 11) is 0. The van der Waals surface area contributed by atoms with Gasteiger partial charge in [-0.1, -0.05) is 25.0 Å². The van der Waals surface area contributed by atoms with Crippen LogP contribution in [0, 0.1) is 0 Å². The summed E-state index contributed by atoms with van der Waals surface area (Å²) in [5.41, 5.74) is 2.41. The van der Waals surface area contributed by atoms with Gasteiger partial charge in [0, 0.05) is 0 Å². The lowest BCUT2D eigenvalue weighted by Gasteiger charge is -2.07. The maximum atomic E-state index is 11.8. The van der Waals surface area contributed by atoms with Crippen LogP contribution < -0.4 is 0 Å². The number of ether oxygens (including phenoxy) is 1. The number of esters is 1. The molecule has 1 aromatic rings. The average Bonchev–Trinajstić information content (AvgIpc) is 2.37. The number of hydrogen-bond donors (Lipinski definition) is 1. The third kappa shape index (κ3) is 5.16. The molecule has 104 valence electrons. The molecule has 0 aromatic heterocycles. The minimum atomic E-state index is -0.327. The van der Waals surface area contributed by atoms with Gasteiger partial charge in [-0.3, -0.25) is 0 Å². The molecule has 0 atom stereocenters. The lowest BCUT2D eigenvalue weighted by Crippen LogP contribution is -2.06. The Morgan fingerprint density at radius 3 is 2.74 bits per heavy atom. The first-order valence-electron chi connectivity index (χ1n) is 6.67. The Hall–Kier alpha value is -1.77. The summed E-state index contributed by atoms with van der Waals surface area (Å²) >= 11 is 0. The molecule has 3 nitrogen and oxygen atoms in total. The van der Waals surface area contributed by atoms with Gasteiger partial charge in [0.15, 0.2) is 0 Å². The molecule has 0 saturated heterocycles. The van der Waals surface area contributed by atoms with Gasteiger partial charge in [-0.2, -0.15) is 0 Å². The van der Waals surface area contributed by atoms with E-state index in [4.69, 9.17) is 4.74 Å². The zero-order valence-corrected chi connectivity index (χ0v) is 11.9. The van der Waals surface area contributed by atoms with Crippen molar-refractivity contribution in [2.24, 2.45) is 0 Å². The normalized spacial score (nSPS) is 10.1. The van der Waals surface area contributed by atoms with E-state index in [1.54, 1.807) is 18.2 Å². The molecule has 1 aromatic carbocycles. The van der Waals surface area contributed by atoms with E-state index < -0.39 is 0 Å². The van der Waals surface area contributed by atoms with E-state index in [9.17, 15) is 9.90 Å². The van der Waals surface area contributed by atoms with E-state index in [0.29, 0.717) is 18.6 Å². The van der Waals surface area contributed by atoms with Gasteiger partial charge in [0.1, 0.15) is 5.75 Å². The van der Waals surface area contributed by atoms with Crippen LogP contribution in [0.5, 0.6) is 5.75 Å². The Labute approximate surface area is 114 Å². The summed E-state index contributed by atoms with van der Waals surface area (Å²) < 4.78 is 5.15. The molecule has 0 amide bonds. The maximum Gasteiger partial charge on any atom is 0.338 e. The van der Waals surface area contributed by atoms with Crippen molar-refractivity contribution in [2.45, 2.75) is 40.0 Å². The van der Waals surface area contributed by atoms with Crippen LogP contribution in [0.3, 0.4) is 0 Å². The Balaban J connectivity index is 2.77. The van der Waals surface area contributed by atoms with Gasteiger partial charge in [-0.15, -0.1) is 0 Å². The molecule has 1 N–H and O–H groups in total. The zero-order valence-electron chi connectivity index (χ0n) is 11.9. The molecule has 19 heavy (non-hydrogen) atoms. The standard InChI is InChI=1S/C16H22O3/c1-4-5-10-19-16(18)14-8-9-15(17)13(11-14)7-6-12(2)3/h6,8-9,11,17H,4-5,7,10H2,1-3H3. The molecular weight excluding hydrogens is 240 g/mol. The van der Waals surface area contributed by atoms with Crippen molar-refractivity contribution < 1.29 is 14.6 Å². The van der Waals surface area contributed by atoms with Crippen LogP contribution >= 0.6 is 0 Å². The topological polar surface area (TPSA) is 46.5 Å². The Bertz CT molecular complexity index is 457. The molecule has 0 aliphatic carbocycles. The van der Waals surface area contributed by atoms with E-state index >= 15 is 0 Å². The largest absolute Gasteiger partial charge is 0.508 e. The van der Waals surface area contributed by atoms with Gasteiger partial charge < -0.3 is 9.84 Å². The van der Waals surface area contributed by atoms with E-state index in [1.165, 1.54) is 5.57 Å². The first-order valence-corrected chi connectivity index (χ1v) is 6.67. The number of rotatable bonds is 6. The molecule has 0 aliphatic heterocycles. The number of benzene rings is 1. The third-order valence-electron chi connectivity index (χ3n) is 2.78. The van der Waals surface area contributed by atoms with Crippen molar-refractivity contribution in [1.82, 2.24) is 0 Å². The number of phenolic OH excluding ortho intramolecular Hbond substituents is 1. The minimum absolute atomic E-state index is 0.211. The molecule has 0 heterocycles. The lowest BCUT2D eigenvalue weighted by molar-refractivity contribution is 0.0499. The Kier molecular flexibility index (Phi) is 6.13. The molecule has 0 spiro atoms. The molecule has 1 rings (SSSR count). The van der Waals surface area contributed by atoms with Crippen molar-refractivity contribution in [1.29, 1.82) is 0 Å². The fourth-order valence-corrected chi connectivity index (χ4v) is 1.58. The number of carbonyl (C=O) groups is 1. The average molecular weight is 262 g/mol. The fourth-order valence-electron chi connectivity index (χ4n) is 1.58. The van der Waals surface area contributed by atoms with E-state index in [0.717, 1.165) is 18.4 Å². The molecule has 3 heteroatoms. The highest BCUT2D eigenvalue weighted by Crippen LogP contribution is 2.20. The first kappa shape index (κ1) is 15.3. The van der Waals surface area contributed by atoms with Gasteiger partial charge in [-0.25, -0.2) is 4.79 Å². The lowest BCUT2D eigenvalue weighted by atomic mass is 10.1. The second-order valence-electron chi connectivity index (χ2n) is 4.82. The van der Waals surface area contributed by atoms with Crippen LogP contribution in [0.4, 0.5) is 0 Å². The highest BCUT2D eigenvalue weighted by atomic mass is 16.5. The summed E-state index contributed by atoms with van der Waals surface area (Å²) in [6.07, 6.45) is 4.49. The van der Waals surface area contributed by atoms with Gasteiger partial charge in [0.05, 0.1) is 12.2 Å². The fraction of sp³-hybridized carbons (Fsp3) is 0.438. The van der Waals surface area contributed by atoms with Crippen molar-refractivity contribution in [2.75, 3.05) is 6.61 Å². The second kappa shape index (κ2) is 7.62. The Morgan fingerprint density at radius 2 is 2.11 bits per heavy atom. The van der Waals surface area contributed by atoms with Crippen LogP contribution in [0.1, 0.15) is 49.5 Å². The molecule has 0 aliphatic rings. The summed E-state index contributed by atoms with van der Waals surface area (Å²) in [6, 6.07) is 4.84. The summed E-state index contributed by atoms with van der Waals surface area (Å²) in [6.45, 7) is 6.49. The first-order chi connectivity index (χ1) is 9.04. The third-order valence-corrected chi connectivity index (χ3v) is 2.78. The van der Waals surface area contributed by atoms with Crippen molar-refractivity contribution in [3.8, 4) is 5.75 Å². The van der Waals surface area contributed by atoms with Crippen molar-refractivity contribution in [3.63, 3.8) is 0 Å². The molecular formula is C16H22O3. The van der Waals surface area contributed by atoms with Crippen molar-refractivity contribution >= 4 is 5.97 Å². The highest BCUT2D eigenvalue weighted by molar-refractivity contribution is 5.89. The Morgan fingerprint density at radius 1 is 1.37 bits per heavy atom. The zero-order chi connectivity index (χ0) is 14.3. The number of hydrogen-bond acceptors (Lipinski definition) is 3. The van der Waals surface area contributed by atoms with E-state index in [-0.39, 0.29) is 11.7 Å². The number of phenols is 1. The van der Waals surface area contributed by atoms with Gasteiger partial charge in [0.2, 0.25) is 0 Å². The number of allylic oxidation sites excluding steroid dienone is 2. The molecule has 0 fully saturated rings. The van der Waals surface area contributed by atoms with Crippen LogP contribution in [-0.2, 0) is 11.2 Å². The van der Waals surface area contributed by atoms with E-state index in [1.807, 2.05) is 26.8 Å². The maximum absolute atomic E-state index is 11.8. The van der Waals surface area contributed by atoms with E-state index in [2.05, 4.69) is 0 Å². The summed E-state index contributed by atoms with van der Waals surface area (Å²) in [4.78, 5) is 11.8. The van der Waals surface area contributed by atoms with Crippen LogP contribution in [0.2, 0.25) is 0 Å². The van der Waals surface area contributed by atoms with Gasteiger partial charge in [0.25, 0.3) is 0 Å². The second-order valence-corrected chi connectivity index (χ2v) is 4.82. The predicted octanol–water partition coefficient (Wildman–Crippen LogP) is 3.86. The SMILES string of the molecule is CCCCOC(=O)c1ccc(O)c(CC=C(C)C)c1. The summed E-state index contributed by atoms with van der Waals surface area (Å²) in [5.74, 6) is -0.116. The van der Waals surface area contributed by atoms with Crippen LogP contribution in [0.25, 0.3) is 0 Å². The number of carbonyl (C=O) groups excluding carboxylic acids is 1. The molecule has 0 bridgehead atoms. The quantitative estimate of drug-likeness (QED) is 0.481. The predicted molar refractivity (Wildman–Crippen MR) is 76.4 cm³/mol. The molecule has 0 unspecified atom stereocenters. The van der Waals surface area contributed by atoms with Crippen molar-refractivity contribution in [3.05, 3.63) is 41.0 Å². The highest BCUT2D eigenvalue weighted by Gasteiger charge is 2.09. The van der Waals surface area contributed by atoms with Crippen LogP contribution in [0.15, 0.2) is 29.8 Å². The van der Waals surface area contributed by atoms with Crippen LogP contribution in [-0.4, -0.2) is 17.7 Å². The monoisotopic (exact) mass is 262 g/mol. The summed E-state index contributed by atoms with van der Waals surface area (Å²) in [5, 5.41) is 9.76. The number of aromatic hydroxyl groups is 1. The smallest absolute Gasteiger partial charge is 0.338 e. The van der Waals surface area contributed by atoms with Gasteiger partial charge >= 0.3 is 5.97 Å². The number of unbranched alkanes of at least 4 members (excludes halogenated alkanes) is 1. The molecule has 0 saturated carbocycles. The van der Waals surface area contributed by atoms with Gasteiger partial charge in [-0.05, 0) is 50.5 Å². The molecule has 0 radical (unpaired) electrons.